The van der Waals surface area contributed by atoms with Gasteiger partial charge in [-0.3, -0.25) is 0 Å². The second-order valence-electron chi connectivity index (χ2n) is 7.14. The van der Waals surface area contributed by atoms with Gasteiger partial charge in [-0.2, -0.15) is 0 Å². The van der Waals surface area contributed by atoms with Crippen molar-refractivity contribution in [2.24, 2.45) is 11.3 Å². The average Bonchev–Trinajstić information content (AvgIpc) is 2.75. The number of anilines is 1. The van der Waals surface area contributed by atoms with E-state index in [4.69, 9.17) is 0 Å². The quantitative estimate of drug-likeness (QED) is 0.653. The predicted octanol–water partition coefficient (Wildman–Crippen LogP) is 4.34. The molecule has 0 saturated heterocycles. The van der Waals surface area contributed by atoms with Crippen LogP contribution in [0.4, 0.5) is 5.69 Å². The Kier molecular flexibility index (Phi) is 2.24. The molecule has 0 N–H and O–H groups in total. The van der Waals surface area contributed by atoms with Crippen molar-refractivity contribution in [2.75, 3.05) is 11.9 Å². The molecule has 96 valence electrons. The molecule has 1 aromatic carbocycles. The molecule has 18 heavy (non-hydrogen) atoms. The fourth-order valence-electron chi connectivity index (χ4n) is 3.63. The molecule has 0 bridgehead atoms. The lowest BCUT2D eigenvalue weighted by molar-refractivity contribution is 0.265. The highest BCUT2D eigenvalue weighted by atomic mass is 15.2. The summed E-state index contributed by atoms with van der Waals surface area (Å²) in [5.74, 6) is 0.674. The van der Waals surface area contributed by atoms with Gasteiger partial charge in [0.1, 0.15) is 0 Å². The summed E-state index contributed by atoms with van der Waals surface area (Å²) in [4.78, 5) is 2.39. The number of fused-ring (bicyclic) bond motifs is 3. The molecule has 1 aliphatic heterocycles. The van der Waals surface area contributed by atoms with E-state index in [2.05, 4.69) is 70.0 Å². The summed E-state index contributed by atoms with van der Waals surface area (Å²) in [6.45, 7) is 9.47. The maximum absolute atomic E-state index is 2.51. The van der Waals surface area contributed by atoms with Crippen LogP contribution in [0.5, 0.6) is 0 Å². The lowest BCUT2D eigenvalue weighted by atomic mass is 9.74. The summed E-state index contributed by atoms with van der Waals surface area (Å²) in [7, 11) is 2.21. The van der Waals surface area contributed by atoms with Crippen LogP contribution in [0.3, 0.4) is 0 Å². The highest BCUT2D eigenvalue weighted by Gasteiger charge is 2.49. The Hall–Kier alpha value is -1.24. The number of hydrogen-bond donors (Lipinski definition) is 0. The van der Waals surface area contributed by atoms with Crippen LogP contribution in [0, 0.1) is 11.3 Å². The van der Waals surface area contributed by atoms with Crippen molar-refractivity contribution in [1.29, 1.82) is 0 Å². The minimum Gasteiger partial charge on any atom is -0.347 e. The molecule has 0 saturated carbocycles. The Labute approximate surface area is 111 Å². The summed E-state index contributed by atoms with van der Waals surface area (Å²) < 4.78 is 0. The fraction of sp³-hybridized carbons (Fsp3) is 0.529. The van der Waals surface area contributed by atoms with Crippen molar-refractivity contribution < 1.29 is 0 Å². The third-order valence-electron chi connectivity index (χ3n) is 4.89. The first-order valence-corrected chi connectivity index (χ1v) is 6.89. The van der Waals surface area contributed by atoms with Gasteiger partial charge in [0, 0.05) is 23.8 Å². The van der Waals surface area contributed by atoms with E-state index >= 15 is 0 Å². The van der Waals surface area contributed by atoms with E-state index in [1.54, 1.807) is 0 Å². The molecule has 1 aromatic rings. The second kappa shape index (κ2) is 3.40. The molecule has 0 fully saturated rings. The van der Waals surface area contributed by atoms with Gasteiger partial charge in [0.05, 0.1) is 0 Å². The Morgan fingerprint density at radius 3 is 2.56 bits per heavy atom. The zero-order valence-electron chi connectivity index (χ0n) is 12.1. The van der Waals surface area contributed by atoms with Gasteiger partial charge in [0.15, 0.2) is 0 Å². The van der Waals surface area contributed by atoms with Crippen LogP contribution in [0.25, 0.3) is 0 Å². The molecule has 2 atom stereocenters. The molecule has 1 heterocycles. The zero-order chi connectivity index (χ0) is 13.1. The van der Waals surface area contributed by atoms with Gasteiger partial charge in [-0.25, -0.2) is 0 Å². The van der Waals surface area contributed by atoms with Gasteiger partial charge in [0.25, 0.3) is 0 Å². The number of nitrogens with zero attached hydrogens (tertiary/aromatic N) is 1. The number of rotatable bonds is 0. The Balaban J connectivity index is 2.10. The van der Waals surface area contributed by atoms with Crippen LogP contribution < -0.4 is 4.90 Å². The maximum Gasteiger partial charge on any atom is 0.0448 e. The van der Waals surface area contributed by atoms with E-state index in [1.165, 1.54) is 23.4 Å². The highest BCUT2D eigenvalue weighted by molar-refractivity contribution is 5.71. The Bertz CT molecular complexity index is 521. The van der Waals surface area contributed by atoms with Gasteiger partial charge in [-0.15, -0.1) is 0 Å². The zero-order valence-corrected chi connectivity index (χ0v) is 12.1. The number of benzene rings is 1. The van der Waals surface area contributed by atoms with E-state index in [9.17, 15) is 0 Å². The Morgan fingerprint density at radius 2 is 1.89 bits per heavy atom. The largest absolute Gasteiger partial charge is 0.347 e. The second-order valence-corrected chi connectivity index (χ2v) is 7.14. The van der Waals surface area contributed by atoms with Gasteiger partial charge < -0.3 is 4.90 Å². The molecular formula is C17H23N. The summed E-state index contributed by atoms with van der Waals surface area (Å²) in [6, 6.07) is 8.86. The lowest BCUT2D eigenvalue weighted by Crippen LogP contribution is -2.25. The first-order valence-electron chi connectivity index (χ1n) is 6.89. The topological polar surface area (TPSA) is 3.24 Å². The first kappa shape index (κ1) is 11.8. The molecule has 0 spiro atoms. The predicted molar refractivity (Wildman–Crippen MR) is 77.8 cm³/mol. The molecular weight excluding hydrogens is 218 g/mol. The number of hydrogen-bond acceptors (Lipinski definition) is 1. The SMILES string of the molecule is CN1C2=CC(C(C)(C)C)CC2(C)c2ccccc21. The van der Waals surface area contributed by atoms with Crippen molar-refractivity contribution in [2.45, 2.75) is 39.5 Å². The van der Waals surface area contributed by atoms with E-state index in [0.29, 0.717) is 11.3 Å². The number of para-hydroxylation sites is 1. The third kappa shape index (κ3) is 1.39. The van der Waals surface area contributed by atoms with Gasteiger partial charge in [0.2, 0.25) is 0 Å². The lowest BCUT2D eigenvalue weighted by Gasteiger charge is -2.29. The van der Waals surface area contributed by atoms with E-state index in [-0.39, 0.29) is 5.41 Å². The number of allylic oxidation sites excluding steroid dienone is 2. The van der Waals surface area contributed by atoms with Gasteiger partial charge in [-0.05, 0) is 36.3 Å². The van der Waals surface area contributed by atoms with Gasteiger partial charge in [-0.1, -0.05) is 45.0 Å². The molecule has 2 aliphatic rings. The van der Waals surface area contributed by atoms with E-state index in [0.717, 1.165) is 0 Å². The van der Waals surface area contributed by atoms with Crippen LogP contribution in [0.1, 0.15) is 39.7 Å². The normalized spacial score (nSPS) is 30.2. The number of likely N-dealkylation sites (N-methyl/N-ethyl adjacent to an activating group) is 1. The summed E-state index contributed by atoms with van der Waals surface area (Å²) in [5.41, 5.74) is 4.98. The minimum absolute atomic E-state index is 0.225. The third-order valence-corrected chi connectivity index (χ3v) is 4.89. The van der Waals surface area contributed by atoms with Crippen LogP contribution in [0.2, 0.25) is 0 Å². The monoisotopic (exact) mass is 241 g/mol. The Morgan fingerprint density at radius 1 is 1.22 bits per heavy atom. The highest BCUT2D eigenvalue weighted by Crippen LogP contribution is 2.56. The average molecular weight is 241 g/mol. The maximum atomic E-state index is 2.51. The molecule has 0 radical (unpaired) electrons. The first-order chi connectivity index (χ1) is 8.34. The van der Waals surface area contributed by atoms with E-state index < -0.39 is 0 Å². The molecule has 2 unspecified atom stereocenters. The fourth-order valence-corrected chi connectivity index (χ4v) is 3.63. The van der Waals surface area contributed by atoms with Crippen molar-refractivity contribution >= 4 is 5.69 Å². The molecule has 0 aromatic heterocycles. The van der Waals surface area contributed by atoms with Crippen molar-refractivity contribution in [1.82, 2.24) is 0 Å². The molecule has 0 amide bonds. The van der Waals surface area contributed by atoms with Gasteiger partial charge >= 0.3 is 0 Å². The molecule has 3 rings (SSSR count). The molecule has 1 heteroatoms. The van der Waals surface area contributed by atoms with Crippen molar-refractivity contribution in [3.05, 3.63) is 41.6 Å². The van der Waals surface area contributed by atoms with Crippen LogP contribution in [0.15, 0.2) is 36.0 Å². The smallest absolute Gasteiger partial charge is 0.0448 e. The molecule has 1 aliphatic carbocycles. The van der Waals surface area contributed by atoms with Crippen molar-refractivity contribution in [3.63, 3.8) is 0 Å². The molecule has 1 nitrogen and oxygen atoms in total. The van der Waals surface area contributed by atoms with Crippen LogP contribution >= 0.6 is 0 Å². The van der Waals surface area contributed by atoms with Crippen molar-refractivity contribution in [3.8, 4) is 0 Å². The standard InChI is InChI=1S/C17H23N/c1-16(2,3)12-10-15-17(4,11-12)13-8-6-7-9-14(13)18(15)5/h6-10,12H,11H2,1-5H3. The summed E-state index contributed by atoms with van der Waals surface area (Å²) in [6.07, 6.45) is 3.76. The summed E-state index contributed by atoms with van der Waals surface area (Å²) in [5, 5.41) is 0. The minimum atomic E-state index is 0.225. The van der Waals surface area contributed by atoms with Crippen LogP contribution in [-0.2, 0) is 5.41 Å². The van der Waals surface area contributed by atoms with Crippen LogP contribution in [-0.4, -0.2) is 7.05 Å². The summed E-state index contributed by atoms with van der Waals surface area (Å²) >= 11 is 0. The van der Waals surface area contributed by atoms with E-state index in [1.807, 2.05) is 0 Å².